The zero-order chi connectivity index (χ0) is 74.5. The number of hydrogen-bond donors (Lipinski definition) is 0. The van der Waals surface area contributed by atoms with Gasteiger partial charge >= 0.3 is 55.6 Å². The van der Waals surface area contributed by atoms with Crippen LogP contribution in [0.4, 0.5) is 119 Å². The number of rotatable bonds is 7. The first-order chi connectivity index (χ1) is 47.1. The minimum Gasteiger partial charge on any atom is -0.307 e. The lowest BCUT2D eigenvalue weighted by Crippen LogP contribution is -2.11. The van der Waals surface area contributed by atoms with Gasteiger partial charge in [-0.1, -0.05) is 48.5 Å². The summed E-state index contributed by atoms with van der Waals surface area (Å²) in [6.45, 7) is 0. The average molecular weight is 1450 g/mol. The lowest BCUT2D eigenvalue weighted by Gasteiger charge is -2.21. The number of halogens is 27. The molecule has 0 amide bonds. The minimum absolute atomic E-state index is 0.185. The molecule has 0 aliphatic rings. The van der Waals surface area contributed by atoms with Gasteiger partial charge in [0, 0.05) is 27.1 Å². The fourth-order valence-corrected chi connectivity index (χ4v) is 12.0. The Hall–Kier alpha value is -11.1. The van der Waals surface area contributed by atoms with Gasteiger partial charge in [-0.25, -0.2) is 0 Å². The average Bonchev–Trinajstić information content (AvgIpc) is 1.55. The van der Waals surface area contributed by atoms with Crippen molar-refractivity contribution in [3.8, 4) is 79.1 Å². The summed E-state index contributed by atoms with van der Waals surface area (Å²) in [7, 11) is 0. The summed E-state index contributed by atoms with van der Waals surface area (Å²) in [6, 6.07) is 19.2. The molecule has 0 aliphatic carbocycles. The number of fused-ring (bicyclic) bond motifs is 6. The molecule has 102 heavy (non-hydrogen) atoms. The van der Waals surface area contributed by atoms with Gasteiger partial charge in [0.2, 0.25) is 0 Å². The van der Waals surface area contributed by atoms with Gasteiger partial charge in [-0.2, -0.15) is 129 Å². The molecule has 0 N–H and O–H groups in total. The van der Waals surface area contributed by atoms with Gasteiger partial charge in [-0.15, -0.1) is 0 Å². The topological polar surface area (TPSA) is 57.4 Å². The number of alkyl halides is 27. The maximum Gasteiger partial charge on any atom is 0.416 e. The summed E-state index contributed by atoms with van der Waals surface area (Å²) in [4.78, 5) is 0. The van der Waals surface area contributed by atoms with E-state index in [-0.39, 0.29) is 94.3 Å². The highest BCUT2D eigenvalue weighted by Crippen LogP contribution is 2.50. The number of hydrogen-bond acceptors (Lipinski definition) is 2. The van der Waals surface area contributed by atoms with E-state index in [4.69, 9.17) is 0 Å². The molecule has 4 nitrogen and oxygen atoms in total. The van der Waals surface area contributed by atoms with E-state index in [9.17, 15) is 129 Å². The number of nitriles is 2. The van der Waals surface area contributed by atoms with E-state index in [0.29, 0.717) is 12.1 Å². The molecular formula is C71H29F27N4. The largest absolute Gasteiger partial charge is 0.416 e. The Bertz CT molecular complexity index is 5140. The van der Waals surface area contributed by atoms with Crippen molar-refractivity contribution in [3.05, 3.63) is 237 Å². The zero-order valence-electron chi connectivity index (χ0n) is 49.7. The molecule has 2 aromatic heterocycles. The quantitative estimate of drug-likeness (QED) is 0.149. The maximum absolute atomic E-state index is 14.9. The Morgan fingerprint density at radius 2 is 0.441 bits per heavy atom. The van der Waals surface area contributed by atoms with E-state index < -0.39 is 206 Å². The van der Waals surface area contributed by atoms with Crippen LogP contribution in [0.15, 0.2) is 176 Å². The Kier molecular flexibility index (Phi) is 16.5. The summed E-state index contributed by atoms with van der Waals surface area (Å²) in [5.74, 6) is 0. The maximum atomic E-state index is 14.9. The Balaban J connectivity index is 1.31. The van der Waals surface area contributed by atoms with Crippen molar-refractivity contribution in [2.24, 2.45) is 0 Å². The van der Waals surface area contributed by atoms with Crippen molar-refractivity contribution in [1.82, 2.24) is 9.13 Å². The molecule has 0 atom stereocenters. The highest BCUT2D eigenvalue weighted by Gasteiger charge is 2.42. The monoisotopic (exact) mass is 1450 g/mol. The molecule has 31 heteroatoms. The van der Waals surface area contributed by atoms with E-state index in [1.807, 2.05) is 0 Å². The van der Waals surface area contributed by atoms with E-state index in [0.717, 1.165) is 100 Å². The summed E-state index contributed by atoms with van der Waals surface area (Å²) in [6.07, 6.45) is -49.4. The third kappa shape index (κ3) is 13.3. The van der Waals surface area contributed by atoms with Gasteiger partial charge in [-0.05, 0) is 177 Å². The fourth-order valence-electron chi connectivity index (χ4n) is 12.0. The first-order valence-electron chi connectivity index (χ1n) is 28.7. The smallest absolute Gasteiger partial charge is 0.307 e. The van der Waals surface area contributed by atoms with Gasteiger partial charge < -0.3 is 9.13 Å². The first kappa shape index (κ1) is 70.7. The highest BCUT2D eigenvalue weighted by molar-refractivity contribution is 6.14. The Morgan fingerprint density at radius 1 is 0.216 bits per heavy atom. The molecule has 0 bridgehead atoms. The molecule has 2 heterocycles. The predicted molar refractivity (Wildman–Crippen MR) is 317 cm³/mol. The highest BCUT2D eigenvalue weighted by atomic mass is 19.4. The summed E-state index contributed by atoms with van der Waals surface area (Å²) < 4.78 is 396. The zero-order valence-corrected chi connectivity index (χ0v) is 49.7. The normalized spacial score (nSPS) is 13.2. The fraction of sp³-hybridized carbons (Fsp3) is 0.127. The van der Waals surface area contributed by atoms with Crippen molar-refractivity contribution < 1.29 is 119 Å². The lowest BCUT2D eigenvalue weighted by molar-refractivity contribution is -0.144. The van der Waals surface area contributed by atoms with Crippen molar-refractivity contribution in [1.29, 1.82) is 10.5 Å². The molecular weight excluding hydrogens is 1420 g/mol. The summed E-state index contributed by atoms with van der Waals surface area (Å²) >= 11 is 0. The van der Waals surface area contributed by atoms with E-state index >= 15 is 0 Å². The van der Waals surface area contributed by atoms with E-state index in [1.165, 1.54) is 6.07 Å². The van der Waals surface area contributed by atoms with E-state index in [2.05, 4.69) is 0 Å². The molecule has 0 unspecified atom stereocenters. The van der Waals surface area contributed by atoms with Gasteiger partial charge in [0.05, 0.1) is 107 Å². The Labute approximate surface area is 552 Å². The van der Waals surface area contributed by atoms with Crippen molar-refractivity contribution in [2.75, 3.05) is 0 Å². The van der Waals surface area contributed by atoms with Crippen LogP contribution < -0.4 is 0 Å². The Morgan fingerprint density at radius 3 is 0.667 bits per heavy atom. The summed E-state index contributed by atoms with van der Waals surface area (Å²) in [5, 5.41) is 20.5. The van der Waals surface area contributed by atoms with Crippen LogP contribution in [-0.4, -0.2) is 9.13 Å². The predicted octanol–water partition coefficient (Wildman–Crippen LogP) is 25.1. The van der Waals surface area contributed by atoms with Crippen LogP contribution >= 0.6 is 0 Å². The summed E-state index contributed by atoms with van der Waals surface area (Å²) in [5.41, 5.74) is -28.6. The molecule has 0 saturated heterocycles. The third-order valence-corrected chi connectivity index (χ3v) is 16.6. The lowest BCUT2D eigenvalue weighted by atomic mass is 9.94. The molecule has 0 aliphatic heterocycles. The minimum atomic E-state index is -5.52. The standard InChI is InChI=1S/C71H29F27N4/c72-63(73,74)43-10-32(30-99)9-41(19-43)56-29-62(102-59-22-35(39-15-48(68(87,88)89)27-49(16-39)69(90,91)92)3-7-54(59)55-8-4-36(23-60(55)102)40-17-50(70(93,94)95)28-51(18-40)71(96,97)98)61(24-42(56)31-100)101-57-20-33(37-11-44(64(75,76)77)25-45(12-37)65(78,79)80)1-5-52(57)53-6-2-34(21-58(53)101)38-13-46(66(81,82)83)26-47(14-38)67(84,85)86/h1-29H. The number of aromatic nitrogens is 2. The van der Waals surface area contributed by atoms with Crippen LogP contribution in [0, 0.1) is 22.7 Å². The third-order valence-electron chi connectivity index (χ3n) is 16.6. The number of nitrogens with zero attached hydrogens (tertiary/aromatic N) is 4. The van der Waals surface area contributed by atoms with Gasteiger partial charge in [0.15, 0.2) is 0 Å². The molecule has 12 rings (SSSR count). The van der Waals surface area contributed by atoms with Crippen LogP contribution in [0.3, 0.4) is 0 Å². The van der Waals surface area contributed by atoms with Gasteiger partial charge in [0.25, 0.3) is 0 Å². The second-order valence-electron chi connectivity index (χ2n) is 23.2. The molecule has 0 saturated carbocycles. The van der Waals surface area contributed by atoms with Crippen LogP contribution in [-0.2, 0) is 55.6 Å². The van der Waals surface area contributed by atoms with Crippen LogP contribution in [0.5, 0.6) is 0 Å². The molecule has 522 valence electrons. The van der Waals surface area contributed by atoms with Crippen molar-refractivity contribution >= 4 is 43.6 Å². The van der Waals surface area contributed by atoms with Crippen LogP contribution in [0.1, 0.15) is 61.2 Å². The van der Waals surface area contributed by atoms with Crippen molar-refractivity contribution in [2.45, 2.75) is 55.6 Å². The molecule has 0 fully saturated rings. The first-order valence-corrected chi connectivity index (χ1v) is 28.7. The van der Waals surface area contributed by atoms with Crippen LogP contribution in [0.25, 0.3) is 111 Å². The van der Waals surface area contributed by atoms with Crippen molar-refractivity contribution in [3.63, 3.8) is 0 Å². The van der Waals surface area contributed by atoms with E-state index in [1.54, 1.807) is 6.07 Å². The molecule has 10 aromatic carbocycles. The molecule has 0 radical (unpaired) electrons. The molecule has 0 spiro atoms. The second kappa shape index (κ2) is 23.8. The second-order valence-corrected chi connectivity index (χ2v) is 23.2. The SMILES string of the molecule is N#Cc1cc(-c2cc(-n3c4cc(-c5cc(C(F)(F)F)cc(C(F)(F)F)c5)ccc4c4ccc(-c5cc(C(F)(F)F)cc(C(F)(F)F)c5)cc43)c(-n3c4cc(-c5cc(C(F)(F)F)cc(C(F)(F)F)c5)ccc4c4ccc(-c5cc(C(F)(F)F)cc(C(F)(F)F)c5)cc43)cc2C#N)cc(C(F)(F)F)c1. The van der Waals surface area contributed by atoms with Gasteiger partial charge in [0.1, 0.15) is 0 Å². The van der Waals surface area contributed by atoms with Gasteiger partial charge in [-0.3, -0.25) is 0 Å². The molecule has 12 aromatic rings. The number of benzene rings is 10. The van der Waals surface area contributed by atoms with Crippen LogP contribution in [0.2, 0.25) is 0 Å².